The van der Waals surface area contributed by atoms with Crippen LogP contribution >= 0.6 is 11.6 Å². The summed E-state index contributed by atoms with van der Waals surface area (Å²) in [5.74, 6) is -0.655. The number of benzene rings is 3. The largest absolute Gasteiger partial charge is 0.417 e. The van der Waals surface area contributed by atoms with Crippen LogP contribution in [0.3, 0.4) is 0 Å². The van der Waals surface area contributed by atoms with Crippen molar-refractivity contribution in [2.75, 3.05) is 6.54 Å². The van der Waals surface area contributed by atoms with Crippen LogP contribution in [0.1, 0.15) is 38.7 Å². The molecule has 1 aliphatic rings. The normalized spacial score (nSPS) is 16.4. The Balaban J connectivity index is 1.85. The number of hydrogen-bond acceptors (Lipinski definition) is 1. The summed E-state index contributed by atoms with van der Waals surface area (Å²) < 4.78 is 40.5. The molecule has 1 amide bonds. The van der Waals surface area contributed by atoms with Crippen LogP contribution in [0, 0.1) is 0 Å². The minimum atomic E-state index is -4.61. The second-order valence-corrected chi connectivity index (χ2v) is 7.32. The molecule has 1 aliphatic heterocycles. The first kappa shape index (κ1) is 19.5. The first-order chi connectivity index (χ1) is 13.9. The smallest absolute Gasteiger partial charge is 0.327 e. The van der Waals surface area contributed by atoms with Crippen molar-refractivity contribution in [1.29, 1.82) is 0 Å². The van der Waals surface area contributed by atoms with Gasteiger partial charge in [0.2, 0.25) is 0 Å². The highest BCUT2D eigenvalue weighted by Gasteiger charge is 2.39. The van der Waals surface area contributed by atoms with Gasteiger partial charge in [-0.25, -0.2) is 0 Å². The van der Waals surface area contributed by atoms with Gasteiger partial charge in [0.25, 0.3) is 5.91 Å². The maximum absolute atomic E-state index is 13.5. The van der Waals surface area contributed by atoms with Crippen LogP contribution in [0.15, 0.2) is 72.8 Å². The maximum Gasteiger partial charge on any atom is 0.417 e. The van der Waals surface area contributed by atoms with Gasteiger partial charge in [-0.1, -0.05) is 66.2 Å². The zero-order chi connectivity index (χ0) is 20.6. The predicted molar refractivity (Wildman–Crippen MR) is 106 cm³/mol. The molecule has 29 heavy (non-hydrogen) atoms. The zero-order valence-electron chi connectivity index (χ0n) is 15.3. The summed E-state index contributed by atoms with van der Waals surface area (Å²) in [7, 11) is 0. The van der Waals surface area contributed by atoms with Gasteiger partial charge in [-0.2, -0.15) is 13.2 Å². The third-order valence-electron chi connectivity index (χ3n) is 5.21. The molecule has 1 heterocycles. The quantitative estimate of drug-likeness (QED) is 0.491. The van der Waals surface area contributed by atoms with E-state index in [2.05, 4.69) is 0 Å². The maximum atomic E-state index is 13.5. The van der Waals surface area contributed by atoms with Crippen molar-refractivity contribution in [3.05, 3.63) is 106 Å². The van der Waals surface area contributed by atoms with Crippen LogP contribution in [-0.2, 0) is 12.6 Å². The summed E-state index contributed by atoms with van der Waals surface area (Å²) in [5.41, 5.74) is 1.35. The van der Waals surface area contributed by atoms with Gasteiger partial charge in [0, 0.05) is 11.6 Å². The van der Waals surface area contributed by atoms with E-state index in [1.165, 1.54) is 23.1 Å². The third kappa shape index (κ3) is 3.62. The van der Waals surface area contributed by atoms with Crippen LogP contribution in [0.4, 0.5) is 13.2 Å². The molecule has 0 spiro atoms. The third-order valence-corrected chi connectivity index (χ3v) is 5.55. The molecule has 0 saturated carbocycles. The fourth-order valence-corrected chi connectivity index (χ4v) is 4.13. The Hall–Kier alpha value is -2.79. The molecule has 0 aliphatic carbocycles. The van der Waals surface area contributed by atoms with E-state index in [1.54, 1.807) is 12.1 Å². The van der Waals surface area contributed by atoms with Gasteiger partial charge < -0.3 is 4.90 Å². The molecule has 0 aromatic heterocycles. The Morgan fingerprint density at radius 1 is 0.897 bits per heavy atom. The fraction of sp³-hybridized carbons (Fsp3) is 0.174. The van der Waals surface area contributed by atoms with Crippen LogP contribution < -0.4 is 0 Å². The summed E-state index contributed by atoms with van der Waals surface area (Å²) in [6, 6.07) is 19.1. The van der Waals surface area contributed by atoms with Gasteiger partial charge in [-0.05, 0) is 41.3 Å². The van der Waals surface area contributed by atoms with E-state index >= 15 is 0 Å². The lowest BCUT2D eigenvalue weighted by molar-refractivity contribution is -0.138. The van der Waals surface area contributed by atoms with E-state index in [0.717, 1.165) is 17.2 Å². The minimum absolute atomic E-state index is 0.303. The average Bonchev–Trinajstić information content (AvgIpc) is 2.72. The molecule has 0 saturated heterocycles. The first-order valence-electron chi connectivity index (χ1n) is 9.17. The van der Waals surface area contributed by atoms with Gasteiger partial charge in [-0.3, -0.25) is 4.79 Å². The van der Waals surface area contributed by atoms with Crippen LogP contribution in [0.25, 0.3) is 0 Å². The van der Waals surface area contributed by atoms with Crippen molar-refractivity contribution in [3.63, 3.8) is 0 Å². The van der Waals surface area contributed by atoms with E-state index in [0.29, 0.717) is 23.6 Å². The molecule has 3 aromatic rings. The van der Waals surface area contributed by atoms with Crippen molar-refractivity contribution in [3.8, 4) is 0 Å². The van der Waals surface area contributed by atoms with E-state index in [-0.39, 0.29) is 5.56 Å². The second kappa shape index (κ2) is 7.56. The van der Waals surface area contributed by atoms with Crippen molar-refractivity contribution >= 4 is 17.5 Å². The number of amides is 1. The molecule has 3 aromatic carbocycles. The number of nitrogens with zero attached hydrogens (tertiary/aromatic N) is 1. The monoisotopic (exact) mass is 415 g/mol. The SMILES string of the molecule is O=C(c1ccccc1C(F)(F)F)N1CCc2ccccc2C1c1ccccc1Cl. The molecular weight excluding hydrogens is 399 g/mol. The van der Waals surface area contributed by atoms with E-state index < -0.39 is 23.7 Å². The Morgan fingerprint density at radius 2 is 1.52 bits per heavy atom. The standard InChI is InChI=1S/C23H17ClF3NO/c24-20-12-6-4-10-18(20)21-16-8-2-1-7-15(16)13-14-28(21)22(29)17-9-3-5-11-19(17)23(25,26)27/h1-12,21H,13-14H2. The molecule has 0 N–H and O–H groups in total. The number of halogens is 4. The summed E-state index contributed by atoms with van der Waals surface area (Å²) >= 11 is 6.43. The lowest BCUT2D eigenvalue weighted by atomic mass is 9.87. The Labute approximate surface area is 171 Å². The fourth-order valence-electron chi connectivity index (χ4n) is 3.89. The average molecular weight is 416 g/mol. The minimum Gasteiger partial charge on any atom is -0.327 e. The molecule has 1 atom stereocenters. The van der Waals surface area contributed by atoms with Gasteiger partial charge in [0.05, 0.1) is 17.2 Å². The van der Waals surface area contributed by atoms with Gasteiger partial charge >= 0.3 is 6.18 Å². The van der Waals surface area contributed by atoms with Crippen molar-refractivity contribution in [2.24, 2.45) is 0 Å². The van der Waals surface area contributed by atoms with Gasteiger partial charge in [-0.15, -0.1) is 0 Å². The number of hydrogen-bond donors (Lipinski definition) is 0. The second-order valence-electron chi connectivity index (χ2n) is 6.91. The Morgan fingerprint density at radius 3 is 2.24 bits per heavy atom. The number of rotatable bonds is 2. The van der Waals surface area contributed by atoms with Crippen molar-refractivity contribution in [2.45, 2.75) is 18.6 Å². The summed E-state index contributed by atoms with van der Waals surface area (Å²) in [6.07, 6.45) is -4.04. The predicted octanol–water partition coefficient (Wildman–Crippen LogP) is 6.15. The first-order valence-corrected chi connectivity index (χ1v) is 9.55. The highest BCUT2D eigenvalue weighted by Crippen LogP contribution is 2.40. The van der Waals surface area contributed by atoms with E-state index in [1.807, 2.05) is 36.4 Å². The van der Waals surface area contributed by atoms with Crippen LogP contribution in [0.5, 0.6) is 0 Å². The summed E-state index contributed by atoms with van der Waals surface area (Å²) in [4.78, 5) is 14.8. The summed E-state index contributed by atoms with van der Waals surface area (Å²) in [6.45, 7) is 0.303. The molecular formula is C23H17ClF3NO. The topological polar surface area (TPSA) is 20.3 Å². The summed E-state index contributed by atoms with van der Waals surface area (Å²) in [5, 5.41) is 0.469. The Kier molecular flexibility index (Phi) is 5.09. The molecule has 6 heteroatoms. The van der Waals surface area contributed by atoms with Crippen LogP contribution in [-0.4, -0.2) is 17.4 Å². The zero-order valence-corrected chi connectivity index (χ0v) is 16.0. The highest BCUT2D eigenvalue weighted by molar-refractivity contribution is 6.31. The highest BCUT2D eigenvalue weighted by atomic mass is 35.5. The molecule has 0 bridgehead atoms. The van der Waals surface area contributed by atoms with Crippen molar-refractivity contribution in [1.82, 2.24) is 4.90 Å². The number of carbonyl (C=O) groups excluding carboxylic acids is 1. The molecule has 0 fully saturated rings. The number of carbonyl (C=O) groups is 1. The Bertz CT molecular complexity index is 1060. The molecule has 148 valence electrons. The number of alkyl halides is 3. The molecule has 2 nitrogen and oxygen atoms in total. The molecule has 4 rings (SSSR count). The van der Waals surface area contributed by atoms with Gasteiger partial charge in [0.15, 0.2) is 0 Å². The lowest BCUT2D eigenvalue weighted by Crippen LogP contribution is -2.41. The lowest BCUT2D eigenvalue weighted by Gasteiger charge is -2.38. The van der Waals surface area contributed by atoms with Gasteiger partial charge in [0.1, 0.15) is 0 Å². The molecule has 1 unspecified atom stereocenters. The molecule has 0 radical (unpaired) electrons. The number of fused-ring (bicyclic) bond motifs is 1. The van der Waals surface area contributed by atoms with E-state index in [9.17, 15) is 18.0 Å². The van der Waals surface area contributed by atoms with Crippen molar-refractivity contribution < 1.29 is 18.0 Å². The van der Waals surface area contributed by atoms with Crippen LogP contribution in [0.2, 0.25) is 5.02 Å². The van der Waals surface area contributed by atoms with E-state index in [4.69, 9.17) is 11.6 Å².